The zero-order valence-electron chi connectivity index (χ0n) is 37.8. The second kappa shape index (κ2) is 26.5. The van der Waals surface area contributed by atoms with Crippen molar-refractivity contribution >= 4 is 87.9 Å². The van der Waals surface area contributed by atoms with Crippen LogP contribution in [-0.2, 0) is 23.9 Å². The minimum absolute atomic E-state index is 0.00234. The predicted octanol–water partition coefficient (Wildman–Crippen LogP) is 10.5. The van der Waals surface area contributed by atoms with Gasteiger partial charge in [-0.3, -0.25) is 14.4 Å². The Hall–Kier alpha value is -6.24. The van der Waals surface area contributed by atoms with E-state index in [0.717, 1.165) is 12.8 Å². The summed E-state index contributed by atoms with van der Waals surface area (Å²) in [6.07, 6.45) is 2.82. The quantitative estimate of drug-likeness (QED) is 0.155. The summed E-state index contributed by atoms with van der Waals surface area (Å²) in [4.78, 5) is 76.9. The third-order valence-electron chi connectivity index (χ3n) is 11.1. The van der Waals surface area contributed by atoms with Crippen molar-refractivity contribution in [3.05, 3.63) is 117 Å². The topological polar surface area (TPSA) is 176 Å². The van der Waals surface area contributed by atoms with Crippen molar-refractivity contribution in [1.29, 1.82) is 0 Å². The van der Waals surface area contributed by atoms with Gasteiger partial charge in [-0.2, -0.15) is 0 Å². The molecule has 3 saturated heterocycles. The van der Waals surface area contributed by atoms with Gasteiger partial charge in [0.05, 0.1) is 46.5 Å². The van der Waals surface area contributed by atoms with Crippen LogP contribution >= 0.6 is 34.8 Å². The molecule has 3 aliphatic heterocycles. The number of para-hydroxylation sites is 1. The molecule has 4 aromatic carbocycles. The number of carbonyl (C=O) groups is 6. The fraction of sp³-hybridized carbons (Fsp3) is 0.375. The van der Waals surface area contributed by atoms with Gasteiger partial charge in [0.2, 0.25) is 17.7 Å². The lowest BCUT2D eigenvalue weighted by Gasteiger charge is -2.31. The highest BCUT2D eigenvalue weighted by atomic mass is 35.5. The van der Waals surface area contributed by atoms with Crippen LogP contribution in [0, 0.1) is 35.2 Å². The molecule has 6 amide bonds. The molecule has 69 heavy (non-hydrogen) atoms. The fourth-order valence-corrected chi connectivity index (χ4v) is 7.88. The Balaban J connectivity index is 0.000000195. The van der Waals surface area contributed by atoms with Gasteiger partial charge in [-0.15, -0.1) is 0 Å². The van der Waals surface area contributed by atoms with Gasteiger partial charge >= 0.3 is 18.3 Å². The number of nitrogens with one attached hydrogen (secondary N) is 3. The summed E-state index contributed by atoms with van der Waals surface area (Å²) < 4.78 is 55.1. The second-order valence-corrected chi connectivity index (χ2v) is 17.3. The van der Waals surface area contributed by atoms with Gasteiger partial charge in [0, 0.05) is 56.3 Å². The highest BCUT2D eigenvalue weighted by Gasteiger charge is 2.32. The van der Waals surface area contributed by atoms with Crippen LogP contribution in [0.1, 0.15) is 45.4 Å². The first-order valence-corrected chi connectivity index (χ1v) is 23.2. The Morgan fingerprint density at radius 1 is 0.551 bits per heavy atom. The first-order chi connectivity index (χ1) is 33.0. The van der Waals surface area contributed by atoms with Gasteiger partial charge in [-0.1, -0.05) is 53.0 Å². The number of piperidine rings is 3. The highest BCUT2D eigenvalue weighted by molar-refractivity contribution is 6.31. The lowest BCUT2D eigenvalue weighted by molar-refractivity contribution is -0.122. The molecule has 0 aliphatic carbocycles. The van der Waals surface area contributed by atoms with Crippen LogP contribution in [-0.4, -0.2) is 104 Å². The summed E-state index contributed by atoms with van der Waals surface area (Å²) >= 11 is 16.8. The van der Waals surface area contributed by atoms with E-state index in [1.807, 2.05) is 6.07 Å². The zero-order valence-corrected chi connectivity index (χ0v) is 40.1. The smallest absolute Gasteiger partial charge is 0.415 e. The van der Waals surface area contributed by atoms with Crippen molar-refractivity contribution in [2.24, 2.45) is 17.8 Å². The zero-order chi connectivity index (χ0) is 50.0. The summed E-state index contributed by atoms with van der Waals surface area (Å²) in [6, 6.07) is 21.1. The van der Waals surface area contributed by atoms with Crippen molar-refractivity contribution in [3.8, 4) is 5.75 Å². The molecule has 3 unspecified atom stereocenters. The number of benzene rings is 4. The van der Waals surface area contributed by atoms with E-state index in [1.165, 1.54) is 76.4 Å². The fourth-order valence-electron chi connectivity index (χ4n) is 7.52. The average Bonchev–Trinajstić information content (AvgIpc) is 3.35. The molecular weight excluding hydrogens is 968 g/mol. The number of ether oxygens (including phenoxy) is 3. The number of methoxy groups -OCH3 is 1. The molecule has 0 aromatic heterocycles. The van der Waals surface area contributed by atoms with E-state index in [-0.39, 0.29) is 57.1 Å². The molecule has 15 nitrogen and oxygen atoms in total. The summed E-state index contributed by atoms with van der Waals surface area (Å²) in [5.74, 6) is -3.11. The highest BCUT2D eigenvalue weighted by Crippen LogP contribution is 2.26. The van der Waals surface area contributed by atoms with Crippen molar-refractivity contribution in [2.45, 2.75) is 45.4 Å². The Morgan fingerprint density at radius 3 is 1.26 bits per heavy atom. The molecule has 4 aromatic rings. The van der Waals surface area contributed by atoms with E-state index in [1.54, 1.807) is 31.2 Å². The molecule has 0 spiro atoms. The molecule has 3 N–H and O–H groups in total. The molecule has 7 rings (SSSR count). The maximum atomic E-state index is 13.5. The number of carbonyl (C=O) groups excluding carboxylic acids is 6. The summed E-state index contributed by atoms with van der Waals surface area (Å²) in [5.41, 5.74) is 1.03. The van der Waals surface area contributed by atoms with Gasteiger partial charge in [0.15, 0.2) is 0 Å². The molecular formula is C48H52Cl3F3N6O9. The number of hydrogen-bond acceptors (Lipinski definition) is 9. The predicted molar refractivity (Wildman–Crippen MR) is 255 cm³/mol. The van der Waals surface area contributed by atoms with Gasteiger partial charge < -0.3 is 44.9 Å². The lowest BCUT2D eigenvalue weighted by atomic mass is 9.97. The average molecular weight is 1020 g/mol. The monoisotopic (exact) mass is 1020 g/mol. The summed E-state index contributed by atoms with van der Waals surface area (Å²) in [6.45, 7) is 4.59. The van der Waals surface area contributed by atoms with Gasteiger partial charge in [-0.25, -0.2) is 27.6 Å². The number of anilines is 3. The maximum Gasteiger partial charge on any atom is 0.415 e. The standard InChI is InChI=1S/C19H18ClFN2O3.C15H18ClFN2O3.C14H16ClFN2O3/c20-16-9-8-14(11-17(16)21)22-18(24)13-5-4-10-23(12-13)19(25)26-15-6-2-1-3-7-15;1-2-22-15(21)19-7-3-4-10(9-19)14(20)18-11-5-6-12(16)13(17)8-11;1-21-14(20)18-6-2-3-9(8-18)13(19)17-10-4-5-11(15)12(16)7-10/h1-3,6-9,11,13H,4-5,10,12H2,(H,22,24);5-6,8,10H,2-4,7,9H2,1H3,(H,18,20);4-5,7,9H,2-3,6,8H2,1H3,(H,17,19). The van der Waals surface area contributed by atoms with Crippen LogP contribution in [0.5, 0.6) is 5.75 Å². The van der Waals surface area contributed by atoms with E-state index < -0.39 is 35.7 Å². The minimum atomic E-state index is -0.596. The molecule has 3 fully saturated rings. The third-order valence-corrected chi connectivity index (χ3v) is 12.0. The molecule has 3 atom stereocenters. The van der Waals surface area contributed by atoms with Crippen LogP contribution < -0.4 is 20.7 Å². The van der Waals surface area contributed by atoms with Crippen molar-refractivity contribution in [3.63, 3.8) is 0 Å². The number of nitrogens with zero attached hydrogens (tertiary/aromatic N) is 3. The molecule has 0 saturated carbocycles. The molecule has 370 valence electrons. The van der Waals surface area contributed by atoms with Crippen LogP contribution in [0.3, 0.4) is 0 Å². The molecule has 3 aliphatic rings. The first-order valence-electron chi connectivity index (χ1n) is 22.1. The maximum absolute atomic E-state index is 13.5. The number of rotatable bonds is 8. The Kier molecular flexibility index (Phi) is 20.6. The van der Waals surface area contributed by atoms with E-state index in [9.17, 15) is 41.9 Å². The summed E-state index contributed by atoms with van der Waals surface area (Å²) in [5, 5.41) is 7.97. The van der Waals surface area contributed by atoms with E-state index in [0.29, 0.717) is 87.8 Å². The molecule has 21 heteroatoms. The molecule has 3 heterocycles. The van der Waals surface area contributed by atoms with Gasteiger partial charge in [0.25, 0.3) is 0 Å². The van der Waals surface area contributed by atoms with E-state index >= 15 is 0 Å². The van der Waals surface area contributed by atoms with E-state index in [2.05, 4.69) is 20.7 Å². The van der Waals surface area contributed by atoms with Crippen LogP contribution in [0.4, 0.5) is 44.6 Å². The van der Waals surface area contributed by atoms with E-state index in [4.69, 9.17) is 44.3 Å². The number of halogens is 6. The second-order valence-electron chi connectivity index (χ2n) is 16.1. The minimum Gasteiger partial charge on any atom is -0.453 e. The molecule has 0 bridgehead atoms. The number of hydrogen-bond donors (Lipinski definition) is 3. The Bertz CT molecular complexity index is 2440. The third kappa shape index (κ3) is 16.5. The van der Waals surface area contributed by atoms with Crippen LogP contribution in [0.2, 0.25) is 15.1 Å². The Morgan fingerprint density at radius 2 is 0.913 bits per heavy atom. The van der Waals surface area contributed by atoms with Crippen molar-refractivity contribution in [2.75, 3.05) is 68.9 Å². The van der Waals surface area contributed by atoms with Gasteiger partial charge in [0.1, 0.15) is 23.2 Å². The Labute approximate surface area is 412 Å². The lowest BCUT2D eigenvalue weighted by Crippen LogP contribution is -2.44. The van der Waals surface area contributed by atoms with Crippen molar-refractivity contribution < 1.29 is 56.1 Å². The van der Waals surface area contributed by atoms with Gasteiger partial charge in [-0.05, 0) is 112 Å². The van der Waals surface area contributed by atoms with Crippen LogP contribution in [0.15, 0.2) is 84.9 Å². The normalized spacial score (nSPS) is 17.6. The SMILES string of the molecule is CCOC(=O)N1CCCC(C(=O)Nc2ccc(Cl)c(F)c2)C1.COC(=O)N1CCCC(C(=O)Nc2ccc(Cl)c(F)c2)C1.O=C(Nc1ccc(Cl)c(F)c1)C1CCCN(C(=O)Oc2ccccc2)C1. The van der Waals surface area contributed by atoms with Crippen LogP contribution in [0.25, 0.3) is 0 Å². The first kappa shape index (κ1) is 53.7. The number of amides is 6. The summed E-state index contributed by atoms with van der Waals surface area (Å²) in [7, 11) is 1.31. The van der Waals surface area contributed by atoms with Crippen molar-refractivity contribution in [1.82, 2.24) is 14.7 Å². The number of likely N-dealkylation sites (tertiary alicyclic amines) is 3. The largest absolute Gasteiger partial charge is 0.453 e. The molecule has 0 radical (unpaired) electrons.